The molecule has 0 saturated carbocycles. The van der Waals surface area contributed by atoms with Gasteiger partial charge < -0.3 is 10.1 Å². The molecule has 1 aliphatic heterocycles. The Balaban J connectivity index is 1.66. The van der Waals surface area contributed by atoms with Gasteiger partial charge in [-0.3, -0.25) is 9.69 Å². The third-order valence-electron chi connectivity index (χ3n) is 5.01. The van der Waals surface area contributed by atoms with Crippen LogP contribution in [0.25, 0.3) is 10.2 Å². The van der Waals surface area contributed by atoms with E-state index in [4.69, 9.17) is 4.74 Å². The summed E-state index contributed by atoms with van der Waals surface area (Å²) in [4.78, 5) is 33.5. The summed E-state index contributed by atoms with van der Waals surface area (Å²) in [6, 6.07) is 8.08. The van der Waals surface area contributed by atoms with Gasteiger partial charge in [0.15, 0.2) is 5.01 Å². The van der Waals surface area contributed by atoms with Gasteiger partial charge in [0, 0.05) is 24.0 Å². The molecule has 0 bridgehead atoms. The Kier molecular flexibility index (Phi) is 5.67. The van der Waals surface area contributed by atoms with E-state index >= 15 is 0 Å². The van der Waals surface area contributed by atoms with Crippen molar-refractivity contribution in [3.8, 4) is 0 Å². The van der Waals surface area contributed by atoms with Crippen molar-refractivity contribution in [2.45, 2.75) is 39.8 Å². The summed E-state index contributed by atoms with van der Waals surface area (Å²) in [5.41, 5.74) is 2.31. The first-order valence-electron chi connectivity index (χ1n) is 9.70. The third kappa shape index (κ3) is 3.92. The van der Waals surface area contributed by atoms with Gasteiger partial charge in [-0.05, 0) is 44.9 Å². The minimum atomic E-state index is -0.373. The number of fused-ring (bicyclic) bond motifs is 2. The highest BCUT2D eigenvalue weighted by molar-refractivity contribution is 7.20. The second-order valence-corrected chi connectivity index (χ2v) is 9.32. The molecule has 0 radical (unpaired) electrons. The van der Waals surface area contributed by atoms with E-state index in [9.17, 15) is 9.59 Å². The van der Waals surface area contributed by atoms with Crippen LogP contribution in [0.15, 0.2) is 24.3 Å². The lowest BCUT2D eigenvalue weighted by molar-refractivity contribution is 0.0526. The van der Waals surface area contributed by atoms with Crippen LogP contribution in [0.5, 0.6) is 0 Å². The van der Waals surface area contributed by atoms with E-state index in [1.165, 1.54) is 22.7 Å². The fraction of sp³-hybridized carbons (Fsp3) is 0.381. The van der Waals surface area contributed by atoms with Gasteiger partial charge in [-0.1, -0.05) is 12.1 Å². The number of ether oxygens (including phenoxy) is 1. The Morgan fingerprint density at radius 3 is 2.79 bits per heavy atom. The first-order valence-corrected chi connectivity index (χ1v) is 11.3. The molecule has 0 aliphatic carbocycles. The Morgan fingerprint density at radius 1 is 1.28 bits per heavy atom. The maximum absolute atomic E-state index is 12.9. The Labute approximate surface area is 177 Å². The summed E-state index contributed by atoms with van der Waals surface area (Å²) in [6.07, 6.45) is 0.773. The average Bonchev–Trinajstić information content (AvgIpc) is 3.28. The monoisotopic (exact) mass is 429 g/mol. The Hall–Kier alpha value is -2.29. The molecule has 4 rings (SSSR count). The summed E-state index contributed by atoms with van der Waals surface area (Å²) in [5.74, 6) is -0.668. The molecule has 8 heteroatoms. The van der Waals surface area contributed by atoms with Gasteiger partial charge in [-0.15, -0.1) is 22.7 Å². The molecular weight excluding hydrogens is 406 g/mol. The van der Waals surface area contributed by atoms with Crippen LogP contribution in [0.4, 0.5) is 5.00 Å². The minimum absolute atomic E-state index is 0.295. The Bertz CT molecular complexity index is 1040. The number of hydrogen-bond donors (Lipinski definition) is 1. The number of carbonyl (C=O) groups is 2. The molecule has 152 valence electrons. The number of hydrogen-bond acceptors (Lipinski definition) is 7. The summed E-state index contributed by atoms with van der Waals surface area (Å²) in [6.45, 7) is 8.09. The van der Waals surface area contributed by atoms with E-state index in [0.29, 0.717) is 28.2 Å². The van der Waals surface area contributed by atoms with Gasteiger partial charge in [-0.2, -0.15) is 0 Å². The molecule has 6 nitrogen and oxygen atoms in total. The lowest BCUT2D eigenvalue weighted by atomic mass is 10.0. The number of anilines is 1. The summed E-state index contributed by atoms with van der Waals surface area (Å²) < 4.78 is 6.25. The largest absolute Gasteiger partial charge is 0.462 e. The van der Waals surface area contributed by atoms with Gasteiger partial charge in [0.2, 0.25) is 0 Å². The predicted molar refractivity (Wildman–Crippen MR) is 117 cm³/mol. The van der Waals surface area contributed by atoms with Crippen LogP contribution >= 0.6 is 22.7 Å². The predicted octanol–water partition coefficient (Wildman–Crippen LogP) is 4.55. The van der Waals surface area contributed by atoms with Crippen LogP contribution in [0, 0.1) is 0 Å². The molecule has 1 amide bonds. The van der Waals surface area contributed by atoms with Crippen LogP contribution in [-0.4, -0.2) is 41.0 Å². The number of thiophene rings is 1. The molecule has 3 aromatic rings. The molecule has 29 heavy (non-hydrogen) atoms. The SMILES string of the molecule is CCOC(=O)c1c(NC(=O)c2nc3ccccc3s2)sc2c1CCN(C(C)C)C2. The lowest BCUT2D eigenvalue weighted by Gasteiger charge is -2.30. The number of nitrogens with one attached hydrogen (secondary N) is 1. The van der Waals surface area contributed by atoms with E-state index in [2.05, 4.69) is 29.0 Å². The van der Waals surface area contributed by atoms with Crippen molar-refractivity contribution in [3.05, 3.63) is 45.3 Å². The van der Waals surface area contributed by atoms with Crippen molar-refractivity contribution in [3.63, 3.8) is 0 Å². The zero-order chi connectivity index (χ0) is 20.5. The lowest BCUT2D eigenvalue weighted by Crippen LogP contribution is -2.35. The number of para-hydroxylation sites is 1. The molecule has 0 atom stereocenters. The van der Waals surface area contributed by atoms with E-state index < -0.39 is 0 Å². The molecule has 0 fully saturated rings. The van der Waals surface area contributed by atoms with Crippen molar-refractivity contribution in [2.75, 3.05) is 18.5 Å². The van der Waals surface area contributed by atoms with Crippen molar-refractivity contribution < 1.29 is 14.3 Å². The van der Waals surface area contributed by atoms with Crippen molar-refractivity contribution in [1.82, 2.24) is 9.88 Å². The normalized spacial score (nSPS) is 14.2. The van der Waals surface area contributed by atoms with Crippen LogP contribution in [0.3, 0.4) is 0 Å². The van der Waals surface area contributed by atoms with E-state index in [1.807, 2.05) is 24.3 Å². The quantitative estimate of drug-likeness (QED) is 0.602. The number of amides is 1. The van der Waals surface area contributed by atoms with Crippen molar-refractivity contribution >= 4 is 49.8 Å². The van der Waals surface area contributed by atoms with Crippen molar-refractivity contribution in [2.24, 2.45) is 0 Å². The number of nitrogens with zero attached hydrogens (tertiary/aromatic N) is 2. The fourth-order valence-corrected chi connectivity index (χ4v) is 5.61. The highest BCUT2D eigenvalue weighted by Gasteiger charge is 2.30. The molecule has 0 unspecified atom stereocenters. The summed E-state index contributed by atoms with van der Waals surface area (Å²) in [7, 11) is 0. The minimum Gasteiger partial charge on any atom is -0.462 e. The van der Waals surface area contributed by atoms with Gasteiger partial charge in [0.25, 0.3) is 5.91 Å². The molecular formula is C21H23N3O3S2. The van der Waals surface area contributed by atoms with E-state index in [-0.39, 0.29) is 11.9 Å². The van der Waals surface area contributed by atoms with Crippen LogP contribution < -0.4 is 5.32 Å². The molecule has 1 N–H and O–H groups in total. The topological polar surface area (TPSA) is 71.5 Å². The van der Waals surface area contributed by atoms with E-state index in [1.54, 1.807) is 6.92 Å². The fourth-order valence-electron chi connectivity index (χ4n) is 3.50. The maximum Gasteiger partial charge on any atom is 0.341 e. The molecule has 1 aromatic carbocycles. The second-order valence-electron chi connectivity index (χ2n) is 7.18. The van der Waals surface area contributed by atoms with Crippen LogP contribution in [-0.2, 0) is 17.7 Å². The molecule has 0 saturated heterocycles. The zero-order valence-corrected chi connectivity index (χ0v) is 18.3. The first-order chi connectivity index (χ1) is 14.0. The summed E-state index contributed by atoms with van der Waals surface area (Å²) in [5, 5.41) is 3.88. The molecule has 1 aliphatic rings. The first kappa shape index (κ1) is 20.0. The van der Waals surface area contributed by atoms with Crippen LogP contribution in [0.1, 0.15) is 51.4 Å². The number of esters is 1. The van der Waals surface area contributed by atoms with Gasteiger partial charge in [-0.25, -0.2) is 9.78 Å². The maximum atomic E-state index is 12.9. The van der Waals surface area contributed by atoms with Gasteiger partial charge in [0.1, 0.15) is 5.00 Å². The third-order valence-corrected chi connectivity index (χ3v) is 7.18. The van der Waals surface area contributed by atoms with Gasteiger partial charge >= 0.3 is 5.97 Å². The molecule has 3 heterocycles. The second kappa shape index (κ2) is 8.22. The van der Waals surface area contributed by atoms with Gasteiger partial charge in [0.05, 0.1) is 22.4 Å². The van der Waals surface area contributed by atoms with E-state index in [0.717, 1.165) is 40.2 Å². The number of thiazole rings is 1. The van der Waals surface area contributed by atoms with Crippen LogP contribution in [0.2, 0.25) is 0 Å². The molecule has 0 spiro atoms. The number of carbonyl (C=O) groups excluding carboxylic acids is 2. The summed E-state index contributed by atoms with van der Waals surface area (Å²) >= 11 is 2.81. The number of aromatic nitrogens is 1. The zero-order valence-electron chi connectivity index (χ0n) is 16.7. The highest BCUT2D eigenvalue weighted by atomic mass is 32.1. The Morgan fingerprint density at radius 2 is 2.07 bits per heavy atom. The smallest absolute Gasteiger partial charge is 0.341 e. The highest BCUT2D eigenvalue weighted by Crippen LogP contribution is 2.38. The molecule has 2 aromatic heterocycles. The standard InChI is InChI=1S/C21H23N3O3S2/c1-4-27-21(26)17-13-9-10-24(12(2)3)11-16(13)29-19(17)23-18(25)20-22-14-7-5-6-8-15(14)28-20/h5-8,12H,4,9-11H2,1-3H3,(H,23,25). The average molecular weight is 430 g/mol. The number of benzene rings is 1. The van der Waals surface area contributed by atoms with Crippen molar-refractivity contribution in [1.29, 1.82) is 0 Å². The number of rotatable bonds is 5.